The van der Waals surface area contributed by atoms with E-state index in [4.69, 9.17) is 20.8 Å². The molecule has 9 nitrogen and oxygen atoms in total. The predicted octanol–water partition coefficient (Wildman–Crippen LogP) is 4.30. The summed E-state index contributed by atoms with van der Waals surface area (Å²) in [5, 5.41) is 17.4. The lowest BCUT2D eigenvalue weighted by Gasteiger charge is -2.23. The van der Waals surface area contributed by atoms with E-state index in [1.165, 1.54) is 11.0 Å². The second kappa shape index (κ2) is 11.6. The number of rotatable bonds is 8. The maximum atomic E-state index is 13.3. The molecule has 4 rings (SSSR count). The molecule has 0 unspecified atom stereocenters. The highest BCUT2D eigenvalue weighted by Crippen LogP contribution is 2.28. The first kappa shape index (κ1) is 26.4. The number of ether oxygens (including phenoxy) is 1. The molecule has 10 heteroatoms. The average molecular weight is 531 g/mol. The average Bonchev–Trinajstić information content (AvgIpc) is 2.93. The van der Waals surface area contributed by atoms with E-state index >= 15 is 0 Å². The van der Waals surface area contributed by atoms with Crippen molar-refractivity contribution in [3.8, 4) is 16.9 Å². The van der Waals surface area contributed by atoms with Crippen molar-refractivity contribution in [3.63, 3.8) is 0 Å². The van der Waals surface area contributed by atoms with Crippen LogP contribution in [-0.4, -0.2) is 30.5 Å². The molecular weight excluding hydrogens is 504 g/mol. The Labute approximate surface area is 220 Å². The molecule has 1 amide bonds. The first-order valence-electron chi connectivity index (χ1n) is 11.5. The second-order valence-electron chi connectivity index (χ2n) is 8.46. The topological polar surface area (TPSA) is 148 Å². The third-order valence-corrected chi connectivity index (χ3v) is 6.71. The Morgan fingerprint density at radius 1 is 0.842 bits per heavy atom. The van der Waals surface area contributed by atoms with Gasteiger partial charge >= 0.3 is 6.09 Å². The number of hydrogen-bond donors (Lipinski definition) is 3. The minimum Gasteiger partial charge on any atom is -0.410 e. The molecule has 194 valence electrons. The lowest BCUT2D eigenvalue weighted by atomic mass is 10.1. The summed E-state index contributed by atoms with van der Waals surface area (Å²) >= 11 is 0. The molecule has 0 aromatic heterocycles. The van der Waals surface area contributed by atoms with Gasteiger partial charge in [0.15, 0.2) is 5.84 Å². The summed E-state index contributed by atoms with van der Waals surface area (Å²) in [6, 6.07) is 29.4. The van der Waals surface area contributed by atoms with Crippen molar-refractivity contribution in [1.29, 1.82) is 0 Å². The van der Waals surface area contributed by atoms with Crippen LogP contribution in [0.1, 0.15) is 16.7 Å². The molecule has 0 saturated carbocycles. The Morgan fingerprint density at radius 2 is 1.47 bits per heavy atom. The Kier molecular flexibility index (Phi) is 8.05. The molecule has 0 radical (unpaired) electrons. The third kappa shape index (κ3) is 6.55. The maximum absolute atomic E-state index is 13.3. The van der Waals surface area contributed by atoms with E-state index in [-0.39, 0.29) is 29.6 Å². The van der Waals surface area contributed by atoms with E-state index in [9.17, 15) is 13.2 Å². The van der Waals surface area contributed by atoms with Crippen molar-refractivity contribution in [2.75, 3.05) is 0 Å². The summed E-state index contributed by atoms with van der Waals surface area (Å²) in [6.07, 6.45) is -0.583. The van der Waals surface area contributed by atoms with Crippen molar-refractivity contribution in [1.82, 2.24) is 4.90 Å². The normalized spacial score (nSPS) is 11.7. The van der Waals surface area contributed by atoms with Gasteiger partial charge in [0, 0.05) is 24.2 Å². The zero-order valence-corrected chi connectivity index (χ0v) is 21.1. The van der Waals surface area contributed by atoms with Crippen LogP contribution in [0.5, 0.6) is 5.75 Å². The van der Waals surface area contributed by atoms with Crippen LogP contribution in [0.4, 0.5) is 4.79 Å². The van der Waals surface area contributed by atoms with E-state index in [1.807, 2.05) is 36.4 Å². The third-order valence-electron chi connectivity index (χ3n) is 5.74. The van der Waals surface area contributed by atoms with Crippen molar-refractivity contribution in [2.24, 2.45) is 16.0 Å². The fraction of sp³-hybridized carbons (Fsp3) is 0.0714. The molecule has 38 heavy (non-hydrogen) atoms. The molecule has 4 aromatic rings. The number of amides is 1. The fourth-order valence-electron chi connectivity index (χ4n) is 3.92. The molecule has 5 N–H and O–H groups in total. The Morgan fingerprint density at radius 3 is 2.16 bits per heavy atom. The molecule has 0 spiro atoms. The quantitative estimate of drug-likeness (QED) is 0.134. The van der Waals surface area contributed by atoms with Crippen LogP contribution in [0.25, 0.3) is 11.1 Å². The van der Waals surface area contributed by atoms with Gasteiger partial charge in [0.1, 0.15) is 5.75 Å². The van der Waals surface area contributed by atoms with Crippen LogP contribution in [-0.2, 0) is 23.1 Å². The molecule has 0 bridgehead atoms. The van der Waals surface area contributed by atoms with Gasteiger partial charge in [-0.3, -0.25) is 4.90 Å². The van der Waals surface area contributed by atoms with Gasteiger partial charge in [-0.05, 0) is 41.0 Å². The van der Waals surface area contributed by atoms with Crippen molar-refractivity contribution in [2.45, 2.75) is 18.0 Å². The number of oxime groups is 1. The molecule has 0 atom stereocenters. The molecular formula is C28H26N4O5S. The number of hydrogen-bond acceptors (Lipinski definition) is 6. The number of amidine groups is 1. The summed E-state index contributed by atoms with van der Waals surface area (Å²) < 4.78 is 29.6. The number of sulfonamides is 1. The van der Waals surface area contributed by atoms with Gasteiger partial charge in [-0.25, -0.2) is 18.4 Å². The number of benzene rings is 4. The fourth-order valence-corrected chi connectivity index (χ4v) is 4.68. The molecule has 0 aliphatic rings. The number of carbonyl (C=O) groups excluding carboxylic acids is 1. The highest BCUT2D eigenvalue weighted by molar-refractivity contribution is 7.89. The van der Waals surface area contributed by atoms with Gasteiger partial charge < -0.3 is 15.7 Å². The summed E-state index contributed by atoms with van der Waals surface area (Å²) in [6.45, 7) is 0.493. The highest BCUT2D eigenvalue weighted by Gasteiger charge is 2.19. The minimum absolute atomic E-state index is 0.00731. The molecule has 0 aliphatic heterocycles. The van der Waals surface area contributed by atoms with Crippen molar-refractivity contribution >= 4 is 22.0 Å². The van der Waals surface area contributed by atoms with E-state index < -0.39 is 16.1 Å². The minimum atomic E-state index is -3.91. The Balaban J connectivity index is 1.56. The zero-order valence-electron chi connectivity index (χ0n) is 20.3. The molecule has 0 saturated heterocycles. The number of nitrogens with zero attached hydrogens (tertiary/aromatic N) is 2. The van der Waals surface area contributed by atoms with Gasteiger partial charge in [-0.1, -0.05) is 84.0 Å². The summed E-state index contributed by atoms with van der Waals surface area (Å²) in [4.78, 5) is 14.8. The molecule has 0 fully saturated rings. The number of carbonyl (C=O) groups is 1. The second-order valence-corrected chi connectivity index (χ2v) is 9.99. The van der Waals surface area contributed by atoms with Crippen molar-refractivity contribution < 1.29 is 23.2 Å². The highest BCUT2D eigenvalue weighted by atomic mass is 32.2. The lowest BCUT2D eigenvalue weighted by Crippen LogP contribution is -2.32. The number of nitrogens with two attached hydrogens (primary N) is 2. The Bertz CT molecular complexity index is 1560. The van der Waals surface area contributed by atoms with Crippen LogP contribution in [0.15, 0.2) is 113 Å². The molecule has 0 heterocycles. The van der Waals surface area contributed by atoms with Gasteiger partial charge in [0.25, 0.3) is 0 Å². The first-order chi connectivity index (χ1) is 18.2. The van der Waals surface area contributed by atoms with Gasteiger partial charge in [0.05, 0.1) is 4.90 Å². The molecule has 0 aliphatic carbocycles. The first-order valence-corrected chi connectivity index (χ1v) is 13.1. The van der Waals surface area contributed by atoms with E-state index in [0.717, 1.165) is 11.1 Å². The summed E-state index contributed by atoms with van der Waals surface area (Å²) in [5.74, 6) is 0.253. The van der Waals surface area contributed by atoms with E-state index in [0.29, 0.717) is 16.7 Å². The van der Waals surface area contributed by atoms with Crippen LogP contribution >= 0.6 is 0 Å². The maximum Gasteiger partial charge on any atom is 0.415 e. The van der Waals surface area contributed by atoms with Crippen LogP contribution in [0.3, 0.4) is 0 Å². The largest absolute Gasteiger partial charge is 0.415 e. The monoisotopic (exact) mass is 530 g/mol. The lowest BCUT2D eigenvalue weighted by molar-refractivity contribution is 0.146. The molecule has 4 aromatic carbocycles. The summed E-state index contributed by atoms with van der Waals surface area (Å²) in [5.41, 5.74) is 8.97. The van der Waals surface area contributed by atoms with Crippen LogP contribution < -0.4 is 15.6 Å². The van der Waals surface area contributed by atoms with Crippen LogP contribution in [0, 0.1) is 0 Å². The van der Waals surface area contributed by atoms with Crippen LogP contribution in [0.2, 0.25) is 0 Å². The van der Waals surface area contributed by atoms with Gasteiger partial charge in [-0.15, -0.1) is 0 Å². The smallest absolute Gasteiger partial charge is 0.410 e. The number of primary sulfonamides is 1. The SMILES string of the molecule is NC(=NO)c1cccc(CN(Cc2ccccc2)C(=O)Oc2ccc(-c3ccccc3S(N)(=O)=O)cc2)c1. The zero-order chi connectivity index (χ0) is 27.1. The standard InChI is InChI=1S/C28H26N4O5S/c29-27(31-34)23-10-6-9-21(17-23)19-32(18-20-7-2-1-3-8-20)28(33)37-24-15-13-22(14-16-24)25-11-4-5-12-26(25)38(30,35)36/h1-17,34H,18-19H2,(H2,29,31)(H2,30,35,36). The van der Waals surface area contributed by atoms with Crippen molar-refractivity contribution in [3.05, 3.63) is 120 Å². The Hall–Kier alpha value is -4.67. The van der Waals surface area contributed by atoms with E-state index in [2.05, 4.69) is 5.16 Å². The van der Waals surface area contributed by atoms with Gasteiger partial charge in [-0.2, -0.15) is 0 Å². The predicted molar refractivity (Wildman–Crippen MR) is 144 cm³/mol. The van der Waals surface area contributed by atoms with E-state index in [1.54, 1.807) is 60.7 Å². The summed E-state index contributed by atoms with van der Waals surface area (Å²) in [7, 11) is -3.91. The van der Waals surface area contributed by atoms with Gasteiger partial charge in [0.2, 0.25) is 10.0 Å².